The van der Waals surface area contributed by atoms with Crippen molar-refractivity contribution in [2.75, 3.05) is 0 Å². The van der Waals surface area contributed by atoms with Gasteiger partial charge in [0.1, 0.15) is 0 Å². The fourth-order valence-electron chi connectivity index (χ4n) is 3.51. The molecule has 2 aromatic carbocycles. The predicted octanol–water partition coefficient (Wildman–Crippen LogP) is 7.10. The lowest BCUT2D eigenvalue weighted by Crippen LogP contribution is -1.90. The van der Waals surface area contributed by atoms with Gasteiger partial charge in [0.2, 0.25) is 23.6 Å². The molecule has 0 radical (unpaired) electrons. The molecular weight excluding hydrogens is 588 g/mol. The second-order valence-corrected chi connectivity index (χ2v) is 9.53. The predicted molar refractivity (Wildman–Crippen MR) is 140 cm³/mol. The maximum Gasteiger partial charge on any atom is 0.248 e. The smallest absolute Gasteiger partial charge is 0.248 e. The summed E-state index contributed by atoms with van der Waals surface area (Å²) in [6, 6.07) is 22.7. The van der Waals surface area contributed by atoms with Crippen molar-refractivity contribution in [1.29, 1.82) is 0 Å². The molecule has 0 aliphatic heterocycles. The summed E-state index contributed by atoms with van der Waals surface area (Å²) in [6.07, 6.45) is 3.36. The van der Waals surface area contributed by atoms with E-state index in [1.807, 2.05) is 72.8 Å². The van der Waals surface area contributed by atoms with Crippen LogP contribution in [0, 0.1) is 0 Å². The van der Waals surface area contributed by atoms with Gasteiger partial charge < -0.3 is 8.83 Å². The fraction of sp³-hybridized carbons (Fsp3) is 0. The first kappa shape index (κ1) is 22.4. The topological polar surface area (TPSA) is 104 Å². The Morgan fingerprint density at radius 3 is 1.19 bits per heavy atom. The molecule has 4 aromatic heterocycles. The normalized spacial score (nSPS) is 11.1. The third kappa shape index (κ3) is 4.60. The van der Waals surface area contributed by atoms with Crippen LogP contribution in [0.25, 0.3) is 57.2 Å². The third-order valence-electron chi connectivity index (χ3n) is 5.31. The van der Waals surface area contributed by atoms with Crippen LogP contribution in [-0.2, 0) is 0 Å². The molecule has 174 valence electrons. The molecule has 0 bridgehead atoms. The van der Waals surface area contributed by atoms with Crippen LogP contribution in [0.2, 0.25) is 0 Å². The molecule has 6 rings (SSSR count). The lowest BCUT2D eigenvalue weighted by molar-refractivity contribution is 0.584. The lowest BCUT2D eigenvalue weighted by Gasteiger charge is -2.03. The van der Waals surface area contributed by atoms with Crippen LogP contribution in [0.5, 0.6) is 0 Å². The van der Waals surface area contributed by atoms with Gasteiger partial charge in [-0.15, -0.1) is 20.4 Å². The first-order valence-electron chi connectivity index (χ1n) is 10.7. The standard InChI is InChI=1S/C26H14Br2N6O2/c27-19-5-1-15(2-6-19)23-31-33-25(35-23)17-9-11-29-21(13-17)22-14-18(10-12-30-22)26-34-32-24(36-26)16-3-7-20(28)8-4-16/h1-14H. The van der Waals surface area contributed by atoms with Gasteiger partial charge in [-0.05, 0) is 72.8 Å². The molecule has 0 aliphatic carbocycles. The highest BCUT2D eigenvalue weighted by Gasteiger charge is 2.15. The van der Waals surface area contributed by atoms with Crippen LogP contribution in [0.3, 0.4) is 0 Å². The summed E-state index contributed by atoms with van der Waals surface area (Å²) in [5.74, 6) is 1.66. The monoisotopic (exact) mass is 600 g/mol. The molecule has 0 fully saturated rings. The molecule has 0 aliphatic rings. The Morgan fingerprint density at radius 2 is 0.806 bits per heavy atom. The minimum absolute atomic E-state index is 0.392. The van der Waals surface area contributed by atoms with Crippen molar-refractivity contribution in [3.63, 3.8) is 0 Å². The highest BCUT2D eigenvalue weighted by molar-refractivity contribution is 9.10. The van der Waals surface area contributed by atoms with Gasteiger partial charge in [-0.1, -0.05) is 31.9 Å². The Balaban J connectivity index is 1.28. The summed E-state index contributed by atoms with van der Waals surface area (Å²) in [5.41, 5.74) is 4.43. The van der Waals surface area contributed by atoms with Crippen molar-refractivity contribution >= 4 is 31.9 Å². The van der Waals surface area contributed by atoms with Crippen molar-refractivity contribution in [2.45, 2.75) is 0 Å². The Bertz CT molecular complexity index is 1540. The van der Waals surface area contributed by atoms with E-state index in [-0.39, 0.29) is 0 Å². The van der Waals surface area contributed by atoms with Gasteiger partial charge in [-0.25, -0.2) is 0 Å². The molecule has 4 heterocycles. The SMILES string of the molecule is Brc1ccc(-c2nnc(-c3ccnc(-c4cc(-c5nnc(-c6ccc(Br)cc6)o5)ccn4)c3)o2)cc1. The second-order valence-electron chi connectivity index (χ2n) is 7.70. The molecule has 0 saturated carbocycles. The number of benzene rings is 2. The number of pyridine rings is 2. The van der Waals surface area contributed by atoms with E-state index in [0.717, 1.165) is 31.2 Å². The zero-order valence-corrected chi connectivity index (χ0v) is 21.5. The number of hydrogen-bond donors (Lipinski definition) is 0. The van der Waals surface area contributed by atoms with E-state index in [9.17, 15) is 0 Å². The third-order valence-corrected chi connectivity index (χ3v) is 6.37. The number of hydrogen-bond acceptors (Lipinski definition) is 8. The van der Waals surface area contributed by atoms with E-state index < -0.39 is 0 Å². The Labute approximate surface area is 221 Å². The summed E-state index contributed by atoms with van der Waals surface area (Å²) >= 11 is 6.86. The molecular formula is C26H14Br2N6O2. The molecule has 10 heteroatoms. The first-order valence-corrected chi connectivity index (χ1v) is 12.3. The summed E-state index contributed by atoms with van der Waals surface area (Å²) in [6.45, 7) is 0. The van der Waals surface area contributed by atoms with Crippen molar-refractivity contribution < 1.29 is 8.83 Å². The first-order chi connectivity index (χ1) is 17.6. The fourth-order valence-corrected chi connectivity index (χ4v) is 4.03. The molecule has 0 unspecified atom stereocenters. The molecule has 0 spiro atoms. The molecule has 0 amide bonds. The highest BCUT2D eigenvalue weighted by atomic mass is 79.9. The van der Waals surface area contributed by atoms with Gasteiger partial charge >= 0.3 is 0 Å². The second kappa shape index (κ2) is 9.56. The number of aromatic nitrogens is 6. The highest BCUT2D eigenvalue weighted by Crippen LogP contribution is 2.29. The van der Waals surface area contributed by atoms with Crippen LogP contribution < -0.4 is 0 Å². The van der Waals surface area contributed by atoms with E-state index in [1.165, 1.54) is 0 Å². The van der Waals surface area contributed by atoms with Crippen LogP contribution in [0.1, 0.15) is 0 Å². The van der Waals surface area contributed by atoms with E-state index in [0.29, 0.717) is 35.0 Å². The zero-order chi connectivity index (χ0) is 24.5. The van der Waals surface area contributed by atoms with E-state index >= 15 is 0 Å². The van der Waals surface area contributed by atoms with Crippen LogP contribution >= 0.6 is 31.9 Å². The summed E-state index contributed by atoms with van der Waals surface area (Å²) in [5, 5.41) is 16.8. The number of rotatable bonds is 5. The zero-order valence-electron chi connectivity index (χ0n) is 18.3. The van der Waals surface area contributed by atoms with E-state index in [4.69, 9.17) is 8.83 Å². The Morgan fingerprint density at radius 1 is 0.444 bits per heavy atom. The Kier molecular flexibility index (Phi) is 5.96. The average Bonchev–Trinajstić information content (AvgIpc) is 3.61. The van der Waals surface area contributed by atoms with Gasteiger partial charge in [0.25, 0.3) is 0 Å². The quantitative estimate of drug-likeness (QED) is 0.206. The summed E-state index contributed by atoms with van der Waals surface area (Å²) < 4.78 is 13.8. The molecule has 6 aromatic rings. The molecule has 36 heavy (non-hydrogen) atoms. The number of halogens is 2. The molecule has 0 saturated heterocycles. The minimum Gasteiger partial charge on any atom is -0.416 e. The maximum atomic E-state index is 5.91. The van der Waals surface area contributed by atoms with E-state index in [1.54, 1.807) is 12.4 Å². The van der Waals surface area contributed by atoms with Gasteiger partial charge in [0.05, 0.1) is 11.4 Å². The van der Waals surface area contributed by atoms with Crippen molar-refractivity contribution in [3.05, 3.63) is 94.1 Å². The van der Waals surface area contributed by atoms with Gasteiger partial charge in [-0.3, -0.25) is 9.97 Å². The lowest BCUT2D eigenvalue weighted by atomic mass is 10.1. The summed E-state index contributed by atoms with van der Waals surface area (Å²) in [7, 11) is 0. The molecule has 0 atom stereocenters. The molecule has 0 N–H and O–H groups in total. The van der Waals surface area contributed by atoms with Gasteiger partial charge in [-0.2, -0.15) is 0 Å². The van der Waals surface area contributed by atoms with Gasteiger partial charge in [0.15, 0.2) is 0 Å². The largest absolute Gasteiger partial charge is 0.416 e. The van der Waals surface area contributed by atoms with Crippen molar-refractivity contribution in [2.24, 2.45) is 0 Å². The molecule has 8 nitrogen and oxygen atoms in total. The minimum atomic E-state index is 0.392. The Hall–Kier alpha value is -4.02. The van der Waals surface area contributed by atoms with Gasteiger partial charge in [0, 0.05) is 43.6 Å². The number of nitrogens with zero attached hydrogens (tertiary/aromatic N) is 6. The van der Waals surface area contributed by atoms with Crippen molar-refractivity contribution in [1.82, 2.24) is 30.4 Å². The van der Waals surface area contributed by atoms with Crippen LogP contribution in [0.4, 0.5) is 0 Å². The van der Waals surface area contributed by atoms with Crippen LogP contribution in [-0.4, -0.2) is 30.4 Å². The summed E-state index contributed by atoms with van der Waals surface area (Å²) in [4.78, 5) is 8.95. The average molecular weight is 602 g/mol. The van der Waals surface area contributed by atoms with Crippen molar-refractivity contribution in [3.8, 4) is 57.2 Å². The van der Waals surface area contributed by atoms with Crippen LogP contribution in [0.15, 0.2) is 103 Å². The van der Waals surface area contributed by atoms with E-state index in [2.05, 4.69) is 62.2 Å². The maximum absolute atomic E-state index is 5.91.